The summed E-state index contributed by atoms with van der Waals surface area (Å²) < 4.78 is 15.8. The molecule has 0 spiro atoms. The Morgan fingerprint density at radius 1 is 1.25 bits per heavy atom. The summed E-state index contributed by atoms with van der Waals surface area (Å²) in [6.45, 7) is 1.92. The van der Waals surface area contributed by atoms with Crippen molar-refractivity contribution >= 4 is 11.5 Å². The van der Waals surface area contributed by atoms with Crippen LogP contribution in [0.25, 0.3) is 0 Å². The number of rotatable bonds is 7. The van der Waals surface area contributed by atoms with E-state index in [0.717, 1.165) is 5.69 Å². The van der Waals surface area contributed by atoms with Gasteiger partial charge in [-0.1, -0.05) is 12.1 Å². The largest absolute Gasteiger partial charge is 0.493 e. The molecule has 1 unspecified atom stereocenters. The van der Waals surface area contributed by atoms with Crippen molar-refractivity contribution in [1.29, 1.82) is 0 Å². The van der Waals surface area contributed by atoms with E-state index in [9.17, 15) is 0 Å². The van der Waals surface area contributed by atoms with E-state index in [4.69, 9.17) is 25.2 Å². The van der Waals surface area contributed by atoms with E-state index in [1.165, 1.54) is 0 Å². The molecule has 0 radical (unpaired) electrons. The van der Waals surface area contributed by atoms with Gasteiger partial charge >= 0.3 is 0 Å². The van der Waals surface area contributed by atoms with Gasteiger partial charge in [-0.15, -0.1) is 0 Å². The second kappa shape index (κ2) is 7.32. The molecule has 0 saturated heterocycles. The highest BCUT2D eigenvalue weighted by Crippen LogP contribution is 2.40. The molecule has 1 aromatic carbocycles. The molecular formula is C13H21N3O4. The first-order valence-corrected chi connectivity index (χ1v) is 6.15. The Kier molecular flexibility index (Phi) is 5.76. The standard InChI is InChI=1S/C13H21N3O4/c1-5-9(13(14)16-17)15-8-6-10(18-2)12(20-4)11(7-8)19-3/h6-7,9,15,17H,5H2,1-4H3,(H2,14,16). The van der Waals surface area contributed by atoms with Gasteiger partial charge in [0.25, 0.3) is 0 Å². The Labute approximate surface area is 118 Å². The number of nitrogens with one attached hydrogen (secondary N) is 1. The molecule has 0 saturated carbocycles. The summed E-state index contributed by atoms with van der Waals surface area (Å²) >= 11 is 0. The van der Waals surface area contributed by atoms with Crippen molar-refractivity contribution in [2.24, 2.45) is 10.9 Å². The smallest absolute Gasteiger partial charge is 0.203 e. The second-order valence-corrected chi connectivity index (χ2v) is 4.04. The normalized spacial score (nSPS) is 12.7. The fourth-order valence-electron chi connectivity index (χ4n) is 1.82. The molecule has 1 rings (SSSR count). The fraction of sp³-hybridized carbons (Fsp3) is 0.462. The highest BCUT2D eigenvalue weighted by atomic mass is 16.5. The number of methoxy groups -OCH3 is 3. The lowest BCUT2D eigenvalue weighted by molar-refractivity contribution is 0.316. The van der Waals surface area contributed by atoms with Crippen LogP contribution in [0.5, 0.6) is 17.2 Å². The zero-order valence-electron chi connectivity index (χ0n) is 12.1. The monoisotopic (exact) mass is 283 g/mol. The van der Waals surface area contributed by atoms with Gasteiger partial charge in [-0.2, -0.15) is 0 Å². The molecule has 0 aliphatic rings. The second-order valence-electron chi connectivity index (χ2n) is 4.04. The molecule has 7 nitrogen and oxygen atoms in total. The molecule has 4 N–H and O–H groups in total. The van der Waals surface area contributed by atoms with Crippen molar-refractivity contribution < 1.29 is 19.4 Å². The number of nitrogens with zero attached hydrogens (tertiary/aromatic N) is 1. The molecular weight excluding hydrogens is 262 g/mol. The van der Waals surface area contributed by atoms with E-state index in [1.807, 2.05) is 6.92 Å². The van der Waals surface area contributed by atoms with Crippen molar-refractivity contribution in [3.63, 3.8) is 0 Å². The van der Waals surface area contributed by atoms with Crippen LogP contribution in [0.2, 0.25) is 0 Å². The van der Waals surface area contributed by atoms with Gasteiger partial charge in [0.2, 0.25) is 5.75 Å². The predicted molar refractivity (Wildman–Crippen MR) is 77.2 cm³/mol. The molecule has 0 heterocycles. The highest BCUT2D eigenvalue weighted by molar-refractivity contribution is 5.88. The predicted octanol–water partition coefficient (Wildman–Crippen LogP) is 1.65. The lowest BCUT2D eigenvalue weighted by Gasteiger charge is -2.19. The summed E-state index contributed by atoms with van der Waals surface area (Å²) in [5.74, 6) is 1.69. The van der Waals surface area contributed by atoms with Crippen LogP contribution in [0.4, 0.5) is 5.69 Å². The van der Waals surface area contributed by atoms with Crippen LogP contribution in [0.3, 0.4) is 0 Å². The number of hydrogen-bond acceptors (Lipinski definition) is 6. The fourth-order valence-corrected chi connectivity index (χ4v) is 1.82. The molecule has 1 atom stereocenters. The number of benzene rings is 1. The molecule has 0 aliphatic heterocycles. The van der Waals surface area contributed by atoms with Crippen LogP contribution >= 0.6 is 0 Å². The van der Waals surface area contributed by atoms with Crippen molar-refractivity contribution in [2.75, 3.05) is 26.6 Å². The summed E-state index contributed by atoms with van der Waals surface area (Å²) in [6.07, 6.45) is 0.659. The Morgan fingerprint density at radius 2 is 1.80 bits per heavy atom. The van der Waals surface area contributed by atoms with Crippen LogP contribution in [-0.2, 0) is 0 Å². The van der Waals surface area contributed by atoms with Gasteiger partial charge in [-0.25, -0.2) is 0 Å². The van der Waals surface area contributed by atoms with Gasteiger partial charge in [0.15, 0.2) is 17.3 Å². The lowest BCUT2D eigenvalue weighted by Crippen LogP contribution is -2.35. The Hall–Kier alpha value is -2.31. The highest BCUT2D eigenvalue weighted by Gasteiger charge is 2.16. The average Bonchev–Trinajstić information content (AvgIpc) is 2.50. The van der Waals surface area contributed by atoms with Crippen molar-refractivity contribution in [3.05, 3.63) is 12.1 Å². The minimum Gasteiger partial charge on any atom is -0.493 e. The maximum atomic E-state index is 8.75. The van der Waals surface area contributed by atoms with Crippen LogP contribution in [-0.4, -0.2) is 38.4 Å². The summed E-state index contributed by atoms with van der Waals surface area (Å²) in [4.78, 5) is 0. The third kappa shape index (κ3) is 3.37. The van der Waals surface area contributed by atoms with Gasteiger partial charge in [-0.05, 0) is 6.42 Å². The summed E-state index contributed by atoms with van der Waals surface area (Å²) in [6, 6.07) is 3.23. The zero-order valence-corrected chi connectivity index (χ0v) is 12.1. The first-order valence-electron chi connectivity index (χ1n) is 6.15. The molecule has 0 bridgehead atoms. The van der Waals surface area contributed by atoms with E-state index in [0.29, 0.717) is 23.7 Å². The number of nitrogens with two attached hydrogens (primary N) is 1. The number of anilines is 1. The van der Waals surface area contributed by atoms with Gasteiger partial charge in [0.1, 0.15) is 0 Å². The van der Waals surface area contributed by atoms with Crippen LogP contribution in [0.15, 0.2) is 17.3 Å². The van der Waals surface area contributed by atoms with E-state index in [-0.39, 0.29) is 11.9 Å². The van der Waals surface area contributed by atoms with E-state index < -0.39 is 0 Å². The molecule has 112 valence electrons. The molecule has 1 aromatic rings. The van der Waals surface area contributed by atoms with E-state index in [2.05, 4.69) is 10.5 Å². The molecule has 7 heteroatoms. The van der Waals surface area contributed by atoms with Crippen molar-refractivity contribution in [1.82, 2.24) is 0 Å². The van der Waals surface area contributed by atoms with E-state index in [1.54, 1.807) is 33.5 Å². The van der Waals surface area contributed by atoms with Crippen LogP contribution in [0.1, 0.15) is 13.3 Å². The van der Waals surface area contributed by atoms with Crippen LogP contribution < -0.4 is 25.3 Å². The minimum atomic E-state index is -0.289. The van der Waals surface area contributed by atoms with Crippen molar-refractivity contribution in [2.45, 2.75) is 19.4 Å². The maximum absolute atomic E-state index is 8.75. The third-order valence-electron chi connectivity index (χ3n) is 2.89. The first-order chi connectivity index (χ1) is 9.60. The minimum absolute atomic E-state index is 0.112. The summed E-state index contributed by atoms with van der Waals surface area (Å²) in [5, 5.41) is 14.9. The Balaban J connectivity index is 3.13. The zero-order chi connectivity index (χ0) is 15.1. The number of ether oxygens (including phenoxy) is 3. The van der Waals surface area contributed by atoms with Gasteiger partial charge in [-0.3, -0.25) is 0 Å². The van der Waals surface area contributed by atoms with Crippen molar-refractivity contribution in [3.8, 4) is 17.2 Å². The average molecular weight is 283 g/mol. The van der Waals surface area contributed by atoms with E-state index >= 15 is 0 Å². The Morgan fingerprint density at radius 3 is 2.15 bits per heavy atom. The Bertz CT molecular complexity index is 452. The topological polar surface area (TPSA) is 98.3 Å². The van der Waals surface area contributed by atoms with Gasteiger partial charge in [0.05, 0.1) is 27.4 Å². The third-order valence-corrected chi connectivity index (χ3v) is 2.89. The number of amidine groups is 1. The van der Waals surface area contributed by atoms with Gasteiger partial charge in [0, 0.05) is 17.8 Å². The molecule has 0 amide bonds. The number of oxime groups is 1. The SMILES string of the molecule is CCC(Nc1cc(OC)c(OC)c(OC)c1)C(N)=NO. The van der Waals surface area contributed by atoms with Gasteiger partial charge < -0.3 is 30.5 Å². The molecule has 0 aliphatic carbocycles. The summed E-state index contributed by atoms with van der Waals surface area (Å²) in [7, 11) is 4.63. The van der Waals surface area contributed by atoms with Crippen LogP contribution in [0, 0.1) is 0 Å². The molecule has 0 aromatic heterocycles. The molecule has 20 heavy (non-hydrogen) atoms. The maximum Gasteiger partial charge on any atom is 0.203 e. The lowest BCUT2D eigenvalue weighted by atomic mass is 10.1. The quantitative estimate of drug-likeness (QED) is 0.304. The summed E-state index contributed by atoms with van der Waals surface area (Å²) in [5.41, 5.74) is 6.34. The number of hydrogen-bond donors (Lipinski definition) is 3. The molecule has 0 fully saturated rings. The first kappa shape index (κ1) is 15.7.